The molecule has 0 aliphatic rings. The second-order valence-electron chi connectivity index (χ2n) is 5.26. The van der Waals surface area contributed by atoms with Gasteiger partial charge in [-0.3, -0.25) is 0 Å². The van der Waals surface area contributed by atoms with Crippen molar-refractivity contribution < 1.29 is 19.4 Å². The molecule has 19 heavy (non-hydrogen) atoms. The standard InChI is InChI=1S/C14H21NO4/c1-10(15-13(17)19-14(2,3)4)12(16)18-11-8-6-5-7-9-11/h5-10,12,16H,1-4H3,(H,15,17)/t10-,12?/m1/s1. The SMILES string of the molecule is C[C@@H](NC(=O)OC(C)(C)C)C(O)Oc1ccccc1. The van der Waals surface area contributed by atoms with Crippen molar-refractivity contribution in [1.82, 2.24) is 5.32 Å². The van der Waals surface area contributed by atoms with Crippen molar-refractivity contribution in [1.29, 1.82) is 0 Å². The van der Waals surface area contributed by atoms with Gasteiger partial charge in [0.2, 0.25) is 6.29 Å². The van der Waals surface area contributed by atoms with Crippen LogP contribution in [0.15, 0.2) is 30.3 Å². The van der Waals surface area contributed by atoms with E-state index in [-0.39, 0.29) is 0 Å². The molecule has 1 aromatic rings. The summed E-state index contributed by atoms with van der Waals surface area (Å²) in [5, 5.41) is 12.3. The predicted molar refractivity (Wildman–Crippen MR) is 71.9 cm³/mol. The molecule has 0 bridgehead atoms. The van der Waals surface area contributed by atoms with Crippen LogP contribution >= 0.6 is 0 Å². The zero-order chi connectivity index (χ0) is 14.5. The molecule has 0 radical (unpaired) electrons. The maximum absolute atomic E-state index is 11.5. The van der Waals surface area contributed by atoms with Crippen molar-refractivity contribution in [2.45, 2.75) is 45.6 Å². The van der Waals surface area contributed by atoms with Crippen LogP contribution in [0.25, 0.3) is 0 Å². The van der Waals surface area contributed by atoms with E-state index in [9.17, 15) is 9.90 Å². The van der Waals surface area contributed by atoms with E-state index in [0.717, 1.165) is 0 Å². The highest BCUT2D eigenvalue weighted by Gasteiger charge is 2.22. The van der Waals surface area contributed by atoms with Crippen molar-refractivity contribution in [3.05, 3.63) is 30.3 Å². The number of aliphatic hydroxyl groups excluding tert-OH is 1. The molecule has 1 unspecified atom stereocenters. The number of carbonyl (C=O) groups excluding carboxylic acids is 1. The molecule has 106 valence electrons. The Kier molecular flexibility index (Phi) is 5.18. The van der Waals surface area contributed by atoms with E-state index in [1.54, 1.807) is 52.0 Å². The van der Waals surface area contributed by atoms with Gasteiger partial charge in [0.15, 0.2) is 0 Å². The van der Waals surface area contributed by atoms with E-state index in [4.69, 9.17) is 9.47 Å². The third-order valence-electron chi connectivity index (χ3n) is 2.17. The summed E-state index contributed by atoms with van der Waals surface area (Å²) in [6, 6.07) is 8.31. The minimum atomic E-state index is -1.14. The highest BCUT2D eigenvalue weighted by atomic mass is 16.6. The van der Waals surface area contributed by atoms with E-state index >= 15 is 0 Å². The molecule has 0 aromatic heterocycles. The molecule has 0 aliphatic carbocycles. The average molecular weight is 267 g/mol. The Labute approximate surface area is 113 Å². The third kappa shape index (κ3) is 6.10. The fourth-order valence-electron chi connectivity index (χ4n) is 1.31. The molecule has 0 aliphatic heterocycles. The lowest BCUT2D eigenvalue weighted by Crippen LogP contribution is -2.45. The van der Waals surface area contributed by atoms with E-state index in [1.165, 1.54) is 0 Å². The zero-order valence-electron chi connectivity index (χ0n) is 11.7. The summed E-state index contributed by atoms with van der Waals surface area (Å²) in [4.78, 5) is 11.5. The van der Waals surface area contributed by atoms with Crippen LogP contribution in [0.4, 0.5) is 4.79 Å². The van der Waals surface area contributed by atoms with Crippen molar-refractivity contribution in [3.63, 3.8) is 0 Å². The minimum Gasteiger partial charge on any atom is -0.463 e. The van der Waals surface area contributed by atoms with Crippen LogP contribution in [-0.4, -0.2) is 29.1 Å². The summed E-state index contributed by atoms with van der Waals surface area (Å²) >= 11 is 0. The van der Waals surface area contributed by atoms with Crippen molar-refractivity contribution in [3.8, 4) is 5.75 Å². The van der Waals surface area contributed by atoms with Gasteiger partial charge in [-0.1, -0.05) is 18.2 Å². The fourth-order valence-corrected chi connectivity index (χ4v) is 1.31. The molecular weight excluding hydrogens is 246 g/mol. The summed E-state index contributed by atoms with van der Waals surface area (Å²) in [6.45, 7) is 6.95. The highest BCUT2D eigenvalue weighted by molar-refractivity contribution is 5.68. The molecule has 0 fully saturated rings. The average Bonchev–Trinajstić information content (AvgIpc) is 2.27. The van der Waals surface area contributed by atoms with Gasteiger partial charge in [0, 0.05) is 0 Å². The van der Waals surface area contributed by atoms with Gasteiger partial charge in [-0.05, 0) is 39.8 Å². The van der Waals surface area contributed by atoms with Crippen LogP contribution in [0.2, 0.25) is 0 Å². The predicted octanol–water partition coefficient (Wildman–Crippen LogP) is 2.30. The van der Waals surface area contributed by atoms with Gasteiger partial charge in [0.25, 0.3) is 0 Å². The van der Waals surface area contributed by atoms with Crippen LogP contribution in [0.1, 0.15) is 27.7 Å². The number of para-hydroxylation sites is 1. The maximum atomic E-state index is 11.5. The number of aliphatic hydroxyl groups is 1. The molecule has 0 heterocycles. The molecule has 5 nitrogen and oxygen atoms in total. The van der Waals surface area contributed by atoms with Gasteiger partial charge in [0.05, 0.1) is 6.04 Å². The highest BCUT2D eigenvalue weighted by Crippen LogP contribution is 2.12. The first-order valence-electron chi connectivity index (χ1n) is 6.17. The van der Waals surface area contributed by atoms with Gasteiger partial charge in [-0.25, -0.2) is 4.79 Å². The lowest BCUT2D eigenvalue weighted by molar-refractivity contribution is -0.0435. The van der Waals surface area contributed by atoms with Crippen LogP contribution in [0.5, 0.6) is 5.75 Å². The van der Waals surface area contributed by atoms with E-state index in [1.807, 2.05) is 6.07 Å². The number of alkyl carbamates (subject to hydrolysis) is 1. The molecule has 0 saturated carbocycles. The first-order chi connectivity index (χ1) is 8.78. The van der Waals surface area contributed by atoms with Crippen LogP contribution in [0, 0.1) is 0 Å². The van der Waals surface area contributed by atoms with Crippen LogP contribution in [0.3, 0.4) is 0 Å². The number of hydrogen-bond donors (Lipinski definition) is 2. The smallest absolute Gasteiger partial charge is 0.408 e. The normalized spacial score (nSPS) is 14.4. The van der Waals surface area contributed by atoms with Crippen molar-refractivity contribution in [2.75, 3.05) is 0 Å². The molecular formula is C14H21NO4. The van der Waals surface area contributed by atoms with Gasteiger partial charge in [-0.2, -0.15) is 0 Å². The zero-order valence-corrected chi connectivity index (χ0v) is 11.7. The monoisotopic (exact) mass is 267 g/mol. The van der Waals surface area contributed by atoms with E-state index < -0.39 is 24.0 Å². The second-order valence-corrected chi connectivity index (χ2v) is 5.26. The summed E-state index contributed by atoms with van der Waals surface area (Å²) in [5.74, 6) is 0.535. The Balaban J connectivity index is 2.45. The maximum Gasteiger partial charge on any atom is 0.408 e. The molecule has 2 atom stereocenters. The largest absolute Gasteiger partial charge is 0.463 e. The lowest BCUT2D eigenvalue weighted by atomic mass is 10.2. The molecule has 1 amide bonds. The first kappa shape index (κ1) is 15.3. The Morgan fingerprint density at radius 2 is 1.84 bits per heavy atom. The number of amides is 1. The summed E-state index contributed by atoms with van der Waals surface area (Å²) in [7, 11) is 0. The summed E-state index contributed by atoms with van der Waals surface area (Å²) in [6.07, 6.45) is -1.73. The quantitative estimate of drug-likeness (QED) is 0.821. The molecule has 5 heteroatoms. The summed E-state index contributed by atoms with van der Waals surface area (Å²) < 4.78 is 10.4. The van der Waals surface area contributed by atoms with Gasteiger partial charge in [-0.15, -0.1) is 0 Å². The lowest BCUT2D eigenvalue weighted by Gasteiger charge is -2.24. The number of benzene rings is 1. The molecule has 2 N–H and O–H groups in total. The van der Waals surface area contributed by atoms with Gasteiger partial charge < -0.3 is 19.9 Å². The second kappa shape index (κ2) is 6.43. The Bertz CT molecular complexity index is 400. The van der Waals surface area contributed by atoms with Gasteiger partial charge in [0.1, 0.15) is 11.4 Å². The first-order valence-corrected chi connectivity index (χ1v) is 6.17. The van der Waals surface area contributed by atoms with Crippen LogP contribution < -0.4 is 10.1 Å². The fraction of sp³-hybridized carbons (Fsp3) is 0.500. The number of rotatable bonds is 4. The Morgan fingerprint density at radius 3 is 2.37 bits per heavy atom. The molecule has 1 rings (SSSR count). The van der Waals surface area contributed by atoms with E-state index in [2.05, 4.69) is 5.32 Å². The molecule has 1 aromatic carbocycles. The summed E-state index contributed by atoms with van der Waals surface area (Å²) in [5.41, 5.74) is -0.574. The minimum absolute atomic E-state index is 0.535. The third-order valence-corrected chi connectivity index (χ3v) is 2.17. The van der Waals surface area contributed by atoms with Gasteiger partial charge >= 0.3 is 6.09 Å². The number of carbonyl (C=O) groups is 1. The Hall–Kier alpha value is -1.75. The molecule has 0 saturated heterocycles. The number of ether oxygens (including phenoxy) is 2. The van der Waals surface area contributed by atoms with Crippen LogP contribution in [-0.2, 0) is 4.74 Å². The van der Waals surface area contributed by atoms with Crippen molar-refractivity contribution in [2.24, 2.45) is 0 Å². The van der Waals surface area contributed by atoms with Crippen molar-refractivity contribution >= 4 is 6.09 Å². The topological polar surface area (TPSA) is 67.8 Å². The molecule has 0 spiro atoms. The number of nitrogens with one attached hydrogen (secondary N) is 1. The number of hydrogen-bond acceptors (Lipinski definition) is 4. The Morgan fingerprint density at radius 1 is 1.26 bits per heavy atom. The van der Waals surface area contributed by atoms with E-state index in [0.29, 0.717) is 5.75 Å².